The number of hydrogen-bond donors (Lipinski definition) is 2. The quantitative estimate of drug-likeness (QED) is 0.0210. The number of phenolic OH excluding ortho intramolecular Hbond substituents is 2. The maximum atomic E-state index is 14.1. The van der Waals surface area contributed by atoms with Crippen LogP contribution in [0.4, 0.5) is 0 Å². The minimum absolute atomic E-state index is 0.104. The van der Waals surface area contributed by atoms with Gasteiger partial charge in [0, 0.05) is 24.0 Å². The van der Waals surface area contributed by atoms with Crippen molar-refractivity contribution >= 4 is 55.5 Å². The molecule has 8 atom stereocenters. The molecule has 2 aliphatic rings. The van der Waals surface area contributed by atoms with Gasteiger partial charge >= 0.3 is 44.1 Å². The van der Waals surface area contributed by atoms with Crippen LogP contribution in [0.5, 0.6) is 11.5 Å². The van der Waals surface area contributed by atoms with Crippen LogP contribution in [0.1, 0.15) is 150 Å². The second-order valence-corrected chi connectivity index (χ2v) is 25.7. The fraction of sp³-hybridized carbons (Fsp3) is 0.364. The van der Waals surface area contributed by atoms with E-state index in [1.54, 1.807) is 147 Å². The number of benzene rings is 6. The molecule has 2 fully saturated rings. The second kappa shape index (κ2) is 27.8. The van der Waals surface area contributed by atoms with Crippen LogP contribution < -0.4 is 0 Å². The number of ether oxygens (including phenoxy) is 4. The number of nitrogens with zero attached hydrogens (tertiary/aromatic N) is 2. The van der Waals surface area contributed by atoms with Gasteiger partial charge in [0.1, 0.15) is 32.7 Å². The summed E-state index contributed by atoms with van der Waals surface area (Å²) in [6.07, 6.45) is 0.733. The Morgan fingerprint density at radius 1 is 0.512 bits per heavy atom. The molecule has 6 aromatic rings. The summed E-state index contributed by atoms with van der Waals surface area (Å²) >= 11 is 0. The monoisotopic (exact) mass is 1210 g/mol. The first kappa shape index (κ1) is 63.7. The Hall–Kier alpha value is -8.36. The largest absolute Gasteiger partial charge is 0.508 e. The van der Waals surface area contributed by atoms with Gasteiger partial charge in [-0.05, 0) is 147 Å². The molecular formula is C66H72N2O16S2. The molecule has 0 spiro atoms. The lowest BCUT2D eigenvalue weighted by molar-refractivity contribution is -0.169. The van der Waals surface area contributed by atoms with E-state index in [1.165, 1.54) is 24.3 Å². The Labute approximate surface area is 502 Å². The van der Waals surface area contributed by atoms with E-state index in [4.69, 9.17) is 27.5 Å². The molecule has 454 valence electrons. The molecule has 0 bridgehead atoms. The van der Waals surface area contributed by atoms with Gasteiger partial charge in [0.15, 0.2) is 0 Å². The van der Waals surface area contributed by atoms with E-state index in [1.807, 2.05) is 27.7 Å². The van der Waals surface area contributed by atoms with Gasteiger partial charge in [0.2, 0.25) is 12.2 Å². The molecule has 0 saturated carbocycles. The number of hydrogen-bond acceptors (Lipinski definition) is 18. The van der Waals surface area contributed by atoms with Crippen LogP contribution >= 0.6 is 0 Å². The molecule has 2 aliphatic heterocycles. The highest BCUT2D eigenvalue weighted by atomic mass is 32.2. The number of esters is 4. The Balaban J connectivity index is 1.03. The Bertz CT molecular complexity index is 3380. The molecule has 6 aromatic carbocycles. The average Bonchev–Trinajstić information content (AvgIpc) is 2.69. The van der Waals surface area contributed by atoms with Crippen LogP contribution in [0.2, 0.25) is 0 Å². The molecule has 0 amide bonds. The smallest absolute Gasteiger partial charge is 0.358 e. The molecule has 86 heavy (non-hydrogen) atoms. The lowest BCUT2D eigenvalue weighted by atomic mass is 9.71. The van der Waals surface area contributed by atoms with E-state index in [2.05, 4.69) is 10.3 Å². The topological polar surface area (TPSA) is 257 Å². The van der Waals surface area contributed by atoms with Gasteiger partial charge in [0.05, 0.1) is 24.0 Å². The van der Waals surface area contributed by atoms with Gasteiger partial charge in [0.25, 0.3) is 0 Å². The van der Waals surface area contributed by atoms with Crippen LogP contribution in [0.25, 0.3) is 0 Å². The van der Waals surface area contributed by atoms with Crippen molar-refractivity contribution in [2.75, 3.05) is 13.2 Å². The van der Waals surface area contributed by atoms with E-state index in [9.17, 15) is 46.2 Å². The van der Waals surface area contributed by atoms with Gasteiger partial charge < -0.3 is 29.2 Å². The second-order valence-electron chi connectivity index (χ2n) is 22.6. The molecule has 8 unspecified atom stereocenters. The number of carbonyl (C=O) groups excluding carboxylic acids is 4. The zero-order chi connectivity index (χ0) is 61.8. The third kappa shape index (κ3) is 15.7. The van der Waals surface area contributed by atoms with Crippen molar-refractivity contribution in [1.29, 1.82) is 0 Å². The first-order valence-corrected chi connectivity index (χ1v) is 31.5. The minimum Gasteiger partial charge on any atom is -0.508 e. The van der Waals surface area contributed by atoms with Crippen molar-refractivity contribution in [1.82, 2.24) is 0 Å². The first-order chi connectivity index (χ1) is 41.0. The standard InChI is InChI=1S/C66H72N2O16S2/c1-7-45(41-65(5,63(73)81-57-35-37-79-61(57)71)39-43(3)47-19-27-53(69)28-20-47)49-23-31-55(32-24-49)85(75,76)83-67-59(51-15-11-9-12-16-51)60(52-17-13-10-14-18-52)68-84-86(77,78)56-33-25-50(26-34-56)46(8-2)42-66(6,64(74)82-58-36-38-80-62(58)72)40-44(4)48-21-29-54(70)30-22-48/h9-34,43-46,57-58,69-70H,7-8,35-42H2,1-6H3/b67-59+,68-60+. The van der Waals surface area contributed by atoms with Crippen molar-refractivity contribution in [2.24, 2.45) is 21.1 Å². The van der Waals surface area contributed by atoms with Crippen LogP contribution in [0, 0.1) is 10.8 Å². The summed E-state index contributed by atoms with van der Waals surface area (Å²) < 4.78 is 89.1. The number of phenols is 2. The van der Waals surface area contributed by atoms with Crippen molar-refractivity contribution in [3.8, 4) is 11.5 Å². The van der Waals surface area contributed by atoms with Crippen molar-refractivity contribution in [2.45, 2.75) is 139 Å². The highest BCUT2D eigenvalue weighted by molar-refractivity contribution is 7.87. The Morgan fingerprint density at radius 2 is 0.837 bits per heavy atom. The molecule has 0 aliphatic carbocycles. The first-order valence-electron chi connectivity index (χ1n) is 28.7. The lowest BCUT2D eigenvalue weighted by Crippen LogP contribution is -2.37. The Morgan fingerprint density at radius 3 is 1.14 bits per heavy atom. The SMILES string of the molecule is CCC(CC(C)(CC(C)c1ccc(O)cc1)C(=O)OC1CCOC1=O)c1ccc(S(=O)(=O)O/N=C(/C(=N/OS(=O)(=O)c2ccc(C(CC)CC(C)(CC(C)c3ccc(O)cc3)C(=O)OC3CCOC3=O)cc2)c2ccccc2)c2ccccc2)cc1. The summed E-state index contributed by atoms with van der Waals surface area (Å²) in [4.78, 5) is 52.5. The molecule has 0 radical (unpaired) electrons. The van der Waals surface area contributed by atoms with Crippen LogP contribution in [0.15, 0.2) is 178 Å². The third-order valence-electron chi connectivity index (χ3n) is 16.1. The molecule has 18 nitrogen and oxygen atoms in total. The molecule has 2 saturated heterocycles. The molecule has 2 heterocycles. The fourth-order valence-electron chi connectivity index (χ4n) is 11.2. The highest BCUT2D eigenvalue weighted by Crippen LogP contribution is 2.45. The van der Waals surface area contributed by atoms with Gasteiger partial charge in [-0.3, -0.25) is 18.2 Å². The molecule has 8 rings (SSSR count). The van der Waals surface area contributed by atoms with Crippen LogP contribution in [-0.2, 0) is 66.9 Å². The number of carbonyl (C=O) groups is 4. The van der Waals surface area contributed by atoms with Gasteiger partial charge in [-0.1, -0.05) is 147 Å². The van der Waals surface area contributed by atoms with Gasteiger partial charge in [-0.2, -0.15) is 16.8 Å². The van der Waals surface area contributed by atoms with E-state index in [-0.39, 0.29) is 95.3 Å². The van der Waals surface area contributed by atoms with Crippen molar-refractivity contribution in [3.63, 3.8) is 0 Å². The van der Waals surface area contributed by atoms with Crippen molar-refractivity contribution in [3.05, 3.63) is 191 Å². The maximum absolute atomic E-state index is 14.1. The predicted octanol–water partition coefficient (Wildman–Crippen LogP) is 11.9. The van der Waals surface area contributed by atoms with Gasteiger partial charge in [-0.15, -0.1) is 0 Å². The lowest BCUT2D eigenvalue weighted by Gasteiger charge is -2.34. The van der Waals surface area contributed by atoms with E-state index >= 15 is 0 Å². The maximum Gasteiger partial charge on any atom is 0.358 e. The summed E-state index contributed by atoms with van der Waals surface area (Å²) in [5, 5.41) is 28.2. The van der Waals surface area contributed by atoms with Crippen LogP contribution in [0.3, 0.4) is 0 Å². The van der Waals surface area contributed by atoms with Gasteiger partial charge in [-0.25, -0.2) is 9.59 Å². The average molecular weight is 1210 g/mol. The normalized spacial score (nSPS) is 18.5. The van der Waals surface area contributed by atoms with E-state index < -0.39 is 67.2 Å². The van der Waals surface area contributed by atoms with Crippen molar-refractivity contribution < 1.29 is 73.7 Å². The molecular weight excluding hydrogens is 1140 g/mol. The summed E-state index contributed by atoms with van der Waals surface area (Å²) in [6, 6.07) is 42.0. The summed E-state index contributed by atoms with van der Waals surface area (Å²) in [5.74, 6) is -3.03. The minimum atomic E-state index is -4.68. The fourth-order valence-corrected chi connectivity index (χ4v) is 12.7. The van der Waals surface area contributed by atoms with E-state index in [0.717, 1.165) is 22.3 Å². The number of rotatable bonds is 27. The predicted molar refractivity (Wildman–Crippen MR) is 320 cm³/mol. The van der Waals surface area contributed by atoms with E-state index in [0.29, 0.717) is 36.8 Å². The molecule has 0 aromatic heterocycles. The zero-order valence-electron chi connectivity index (χ0n) is 48.9. The summed E-state index contributed by atoms with van der Waals surface area (Å²) in [5.41, 5.74) is 1.17. The third-order valence-corrected chi connectivity index (χ3v) is 18.4. The summed E-state index contributed by atoms with van der Waals surface area (Å²) in [7, 11) is -9.36. The Kier molecular flexibility index (Phi) is 20.6. The molecule has 2 N–H and O–H groups in total. The number of oxime groups is 2. The summed E-state index contributed by atoms with van der Waals surface area (Å²) in [6.45, 7) is 11.7. The molecule has 20 heteroatoms. The highest BCUT2D eigenvalue weighted by Gasteiger charge is 2.44. The number of cyclic esters (lactones) is 2. The van der Waals surface area contributed by atoms with Crippen LogP contribution in [-0.4, -0.2) is 87.8 Å². The zero-order valence-corrected chi connectivity index (χ0v) is 50.5. The number of aromatic hydroxyl groups is 2.